The van der Waals surface area contributed by atoms with Crippen molar-refractivity contribution in [1.82, 2.24) is 9.97 Å². The Morgan fingerprint density at radius 1 is 1.29 bits per heavy atom. The number of ether oxygens (including phenoxy) is 1. The highest BCUT2D eigenvalue weighted by Gasteiger charge is 2.04. The molecular formula is C16H17N3O2. The number of nitriles is 1. The Morgan fingerprint density at radius 2 is 2.05 bits per heavy atom. The lowest BCUT2D eigenvalue weighted by molar-refractivity contribution is 0.306. The zero-order chi connectivity index (χ0) is 15.1. The molecule has 0 amide bonds. The van der Waals surface area contributed by atoms with Gasteiger partial charge in [0.25, 0.3) is 5.56 Å². The Balaban J connectivity index is 2.07. The summed E-state index contributed by atoms with van der Waals surface area (Å²) in [5.74, 6) is 1.24. The van der Waals surface area contributed by atoms with Gasteiger partial charge in [-0.3, -0.25) is 4.79 Å². The van der Waals surface area contributed by atoms with Crippen LogP contribution in [-0.4, -0.2) is 16.6 Å². The summed E-state index contributed by atoms with van der Waals surface area (Å²) in [7, 11) is 0. The molecule has 2 rings (SSSR count). The lowest BCUT2D eigenvalue weighted by Gasteiger charge is -2.06. The van der Waals surface area contributed by atoms with Crippen molar-refractivity contribution in [1.29, 1.82) is 5.26 Å². The first-order chi connectivity index (χ1) is 10.2. The van der Waals surface area contributed by atoms with E-state index in [0.717, 1.165) is 24.2 Å². The number of H-pyrrole nitrogens is 1. The number of nitrogens with one attached hydrogen (secondary N) is 1. The van der Waals surface area contributed by atoms with Gasteiger partial charge < -0.3 is 9.72 Å². The first-order valence-corrected chi connectivity index (χ1v) is 6.97. The van der Waals surface area contributed by atoms with Crippen LogP contribution >= 0.6 is 0 Å². The van der Waals surface area contributed by atoms with Crippen molar-refractivity contribution in [3.05, 3.63) is 46.4 Å². The Hall–Kier alpha value is -2.61. The maximum absolute atomic E-state index is 11.6. The molecule has 0 unspecified atom stereocenters. The summed E-state index contributed by atoms with van der Waals surface area (Å²) in [4.78, 5) is 18.2. The van der Waals surface area contributed by atoms with Crippen LogP contribution in [-0.2, 0) is 0 Å². The van der Waals surface area contributed by atoms with Crippen LogP contribution in [0.2, 0.25) is 0 Å². The predicted molar refractivity (Wildman–Crippen MR) is 80.0 cm³/mol. The van der Waals surface area contributed by atoms with Crippen molar-refractivity contribution >= 4 is 0 Å². The van der Waals surface area contributed by atoms with Gasteiger partial charge in [-0.25, -0.2) is 4.98 Å². The smallest absolute Gasteiger partial charge is 0.269 e. The van der Waals surface area contributed by atoms with E-state index in [0.29, 0.717) is 12.4 Å². The van der Waals surface area contributed by atoms with Gasteiger partial charge in [0.15, 0.2) is 0 Å². The highest BCUT2D eigenvalue weighted by Crippen LogP contribution is 2.18. The molecule has 0 aliphatic heterocycles. The minimum Gasteiger partial charge on any atom is -0.494 e. The van der Waals surface area contributed by atoms with Crippen molar-refractivity contribution in [3.8, 4) is 23.2 Å². The zero-order valence-electron chi connectivity index (χ0n) is 11.9. The fourth-order valence-corrected chi connectivity index (χ4v) is 1.87. The van der Waals surface area contributed by atoms with Crippen molar-refractivity contribution in [2.75, 3.05) is 6.61 Å². The molecule has 1 heterocycles. The molecule has 0 atom stereocenters. The first kappa shape index (κ1) is 14.8. The molecule has 0 saturated carbocycles. The van der Waals surface area contributed by atoms with Crippen molar-refractivity contribution in [2.24, 2.45) is 0 Å². The second kappa shape index (κ2) is 7.25. The van der Waals surface area contributed by atoms with E-state index in [4.69, 9.17) is 10.00 Å². The van der Waals surface area contributed by atoms with Gasteiger partial charge in [-0.1, -0.05) is 19.8 Å². The monoisotopic (exact) mass is 283 g/mol. The second-order valence-corrected chi connectivity index (χ2v) is 4.67. The summed E-state index contributed by atoms with van der Waals surface area (Å²) >= 11 is 0. The second-order valence-electron chi connectivity index (χ2n) is 4.67. The minimum absolute atomic E-state index is 0.00891. The lowest BCUT2D eigenvalue weighted by atomic mass is 10.2. The van der Waals surface area contributed by atoms with Gasteiger partial charge in [-0.2, -0.15) is 5.26 Å². The van der Waals surface area contributed by atoms with E-state index < -0.39 is 5.56 Å². The lowest BCUT2D eigenvalue weighted by Crippen LogP contribution is -2.12. The molecule has 1 aromatic heterocycles. The molecule has 0 saturated heterocycles. The summed E-state index contributed by atoms with van der Waals surface area (Å²) in [6.45, 7) is 2.86. The van der Waals surface area contributed by atoms with E-state index in [1.165, 1.54) is 12.6 Å². The molecule has 5 heteroatoms. The molecule has 5 nitrogen and oxygen atoms in total. The van der Waals surface area contributed by atoms with E-state index >= 15 is 0 Å². The number of hydrogen-bond acceptors (Lipinski definition) is 4. The molecule has 0 fully saturated rings. The fraction of sp³-hybridized carbons (Fsp3) is 0.312. The topological polar surface area (TPSA) is 78.8 Å². The van der Waals surface area contributed by atoms with Crippen LogP contribution in [0.1, 0.15) is 31.7 Å². The third kappa shape index (κ3) is 3.93. The van der Waals surface area contributed by atoms with Crippen molar-refractivity contribution in [2.45, 2.75) is 26.2 Å². The molecule has 0 aliphatic carbocycles. The van der Waals surface area contributed by atoms with Gasteiger partial charge in [0.05, 0.1) is 12.8 Å². The number of aromatic nitrogens is 2. The molecule has 21 heavy (non-hydrogen) atoms. The van der Waals surface area contributed by atoms with Gasteiger partial charge in [0.1, 0.15) is 23.2 Å². The van der Waals surface area contributed by atoms with E-state index in [1.807, 2.05) is 24.3 Å². The molecular weight excluding hydrogens is 266 g/mol. The van der Waals surface area contributed by atoms with Crippen LogP contribution in [0.4, 0.5) is 0 Å². The van der Waals surface area contributed by atoms with Gasteiger partial charge in [-0.15, -0.1) is 0 Å². The molecule has 0 spiro atoms. The maximum atomic E-state index is 11.6. The first-order valence-electron chi connectivity index (χ1n) is 6.97. The van der Waals surface area contributed by atoms with Crippen LogP contribution in [0.5, 0.6) is 5.75 Å². The fourth-order valence-electron chi connectivity index (χ4n) is 1.87. The van der Waals surface area contributed by atoms with Crippen LogP contribution in [0.15, 0.2) is 35.3 Å². The van der Waals surface area contributed by atoms with Crippen LogP contribution in [0, 0.1) is 11.3 Å². The average Bonchev–Trinajstić information content (AvgIpc) is 2.52. The Labute approximate surface area is 123 Å². The average molecular weight is 283 g/mol. The largest absolute Gasteiger partial charge is 0.494 e. The van der Waals surface area contributed by atoms with Crippen molar-refractivity contribution < 1.29 is 4.74 Å². The third-order valence-corrected chi connectivity index (χ3v) is 3.06. The highest BCUT2D eigenvalue weighted by molar-refractivity contribution is 5.56. The van der Waals surface area contributed by atoms with Crippen LogP contribution < -0.4 is 10.3 Å². The van der Waals surface area contributed by atoms with Gasteiger partial charge in [0.2, 0.25) is 0 Å². The number of rotatable bonds is 6. The normalized spacial score (nSPS) is 10.1. The maximum Gasteiger partial charge on any atom is 0.269 e. The molecule has 0 radical (unpaired) electrons. The van der Waals surface area contributed by atoms with Crippen LogP contribution in [0.25, 0.3) is 11.4 Å². The molecule has 1 aromatic carbocycles. The molecule has 108 valence electrons. The van der Waals surface area contributed by atoms with Gasteiger partial charge >= 0.3 is 0 Å². The highest BCUT2D eigenvalue weighted by atomic mass is 16.5. The molecule has 0 bridgehead atoms. The standard InChI is InChI=1S/C16H17N3O2/c1-2-3-4-9-21-14-7-5-12(6-8-14)15-18-11-13(10-17)16(20)19-15/h5-8,11H,2-4,9H2,1H3,(H,18,19,20). The van der Waals surface area contributed by atoms with Gasteiger partial charge in [-0.05, 0) is 30.7 Å². The summed E-state index contributed by atoms with van der Waals surface area (Å²) in [5, 5.41) is 8.71. The Kier molecular flexibility index (Phi) is 5.10. The number of benzene rings is 1. The van der Waals surface area contributed by atoms with E-state index in [2.05, 4.69) is 16.9 Å². The summed E-state index contributed by atoms with van der Waals surface area (Å²) in [6.07, 6.45) is 4.65. The Morgan fingerprint density at radius 3 is 2.67 bits per heavy atom. The molecule has 0 aliphatic rings. The van der Waals surface area contributed by atoms with E-state index in [1.54, 1.807) is 6.07 Å². The van der Waals surface area contributed by atoms with E-state index in [-0.39, 0.29) is 5.56 Å². The predicted octanol–water partition coefficient (Wildman–Crippen LogP) is 2.88. The Bertz CT molecular complexity index is 684. The molecule has 2 aromatic rings. The van der Waals surface area contributed by atoms with Crippen molar-refractivity contribution in [3.63, 3.8) is 0 Å². The quantitative estimate of drug-likeness (QED) is 0.827. The van der Waals surface area contributed by atoms with Gasteiger partial charge in [0, 0.05) is 5.56 Å². The van der Waals surface area contributed by atoms with E-state index in [9.17, 15) is 4.79 Å². The summed E-state index contributed by atoms with van der Waals surface area (Å²) in [6, 6.07) is 9.15. The zero-order valence-corrected chi connectivity index (χ0v) is 11.9. The third-order valence-electron chi connectivity index (χ3n) is 3.06. The minimum atomic E-state index is -0.428. The summed E-state index contributed by atoms with van der Waals surface area (Å²) < 4.78 is 5.62. The number of hydrogen-bond donors (Lipinski definition) is 1. The summed E-state index contributed by atoms with van der Waals surface area (Å²) in [5.41, 5.74) is 0.356. The number of nitrogens with zero attached hydrogens (tertiary/aromatic N) is 2. The SMILES string of the molecule is CCCCCOc1ccc(-c2ncc(C#N)c(=O)[nH]2)cc1. The number of unbranched alkanes of at least 4 members (excludes halogenated alkanes) is 2. The molecule has 1 N–H and O–H groups in total. The number of aromatic amines is 1. The van der Waals surface area contributed by atoms with Crippen LogP contribution in [0.3, 0.4) is 0 Å².